The van der Waals surface area contributed by atoms with Gasteiger partial charge >= 0.3 is 0 Å². The van der Waals surface area contributed by atoms with Crippen LogP contribution in [-0.4, -0.2) is 16.1 Å². The molecule has 0 unspecified atom stereocenters. The molecule has 0 aliphatic carbocycles. The number of imidazole rings is 1. The van der Waals surface area contributed by atoms with Crippen molar-refractivity contribution in [2.75, 3.05) is 6.54 Å². The van der Waals surface area contributed by atoms with Gasteiger partial charge in [0.2, 0.25) is 0 Å². The first-order chi connectivity index (χ1) is 11.2. The molecular formula is C18H21BrClN3O. The largest absolute Gasteiger partial charge is 0.460 e. The van der Waals surface area contributed by atoms with Gasteiger partial charge < -0.3 is 14.3 Å². The third kappa shape index (κ3) is 4.97. The van der Waals surface area contributed by atoms with Gasteiger partial charge in [0.1, 0.15) is 11.5 Å². The maximum absolute atomic E-state index is 5.92. The molecule has 0 bridgehead atoms. The van der Waals surface area contributed by atoms with Crippen molar-refractivity contribution in [1.82, 2.24) is 14.9 Å². The topological polar surface area (TPSA) is 43.0 Å². The third-order valence-electron chi connectivity index (χ3n) is 3.73. The minimum absolute atomic E-state index is 0. The molecular weight excluding hydrogens is 390 g/mol. The number of benzene rings is 1. The predicted octanol–water partition coefficient (Wildman–Crippen LogP) is 4.82. The van der Waals surface area contributed by atoms with Crippen molar-refractivity contribution in [3.8, 4) is 11.3 Å². The molecule has 3 rings (SSSR count). The van der Waals surface area contributed by atoms with Crippen LogP contribution in [0.1, 0.15) is 17.7 Å². The number of aryl methyl sites for hydroxylation is 2. The summed E-state index contributed by atoms with van der Waals surface area (Å²) in [6.45, 7) is 4.76. The normalized spacial score (nSPS) is 10.6. The fourth-order valence-corrected chi connectivity index (χ4v) is 2.69. The Morgan fingerprint density at radius 3 is 2.88 bits per heavy atom. The highest BCUT2D eigenvalue weighted by Gasteiger charge is 2.06. The van der Waals surface area contributed by atoms with E-state index in [2.05, 4.69) is 55.9 Å². The Morgan fingerprint density at radius 2 is 2.12 bits per heavy atom. The molecule has 24 heavy (non-hydrogen) atoms. The average Bonchev–Trinajstić information content (AvgIpc) is 3.21. The Bertz CT molecular complexity index is 755. The molecule has 1 N–H and O–H groups in total. The highest BCUT2D eigenvalue weighted by molar-refractivity contribution is 9.10. The molecule has 0 saturated heterocycles. The maximum Gasteiger partial charge on any atom is 0.134 e. The molecule has 0 spiro atoms. The molecule has 0 radical (unpaired) electrons. The van der Waals surface area contributed by atoms with Crippen LogP contribution in [0.5, 0.6) is 0 Å². The lowest BCUT2D eigenvalue weighted by Gasteiger charge is -2.04. The standard InChI is InChI=1S/C18H20BrN3O.ClH/c1-14-11-15(3-5-17(14)19)18-6-4-16(23-18)12-20-7-2-9-22-10-8-21-13-22;/h3-6,8,10-11,13,20H,2,7,9,12H2,1H3;1H. The summed E-state index contributed by atoms with van der Waals surface area (Å²) in [5, 5.41) is 3.41. The number of halogens is 2. The van der Waals surface area contributed by atoms with Gasteiger partial charge in [0.15, 0.2) is 0 Å². The summed E-state index contributed by atoms with van der Waals surface area (Å²) in [6, 6.07) is 10.3. The van der Waals surface area contributed by atoms with Crippen molar-refractivity contribution in [3.05, 3.63) is 64.8 Å². The van der Waals surface area contributed by atoms with E-state index in [-0.39, 0.29) is 12.4 Å². The van der Waals surface area contributed by atoms with Gasteiger partial charge in [-0.25, -0.2) is 4.98 Å². The molecule has 0 aliphatic heterocycles. The third-order valence-corrected chi connectivity index (χ3v) is 4.62. The van der Waals surface area contributed by atoms with Gasteiger partial charge in [0, 0.05) is 29.0 Å². The fraction of sp³-hybridized carbons (Fsp3) is 0.278. The summed E-state index contributed by atoms with van der Waals surface area (Å²) in [5.41, 5.74) is 2.31. The Morgan fingerprint density at radius 1 is 1.25 bits per heavy atom. The summed E-state index contributed by atoms with van der Waals surface area (Å²) in [6.07, 6.45) is 6.70. The Hall–Kier alpha value is -1.56. The zero-order valence-corrected chi connectivity index (χ0v) is 15.9. The van der Waals surface area contributed by atoms with Crippen molar-refractivity contribution >= 4 is 28.3 Å². The molecule has 0 aliphatic rings. The van der Waals surface area contributed by atoms with Crippen LogP contribution in [0.4, 0.5) is 0 Å². The van der Waals surface area contributed by atoms with E-state index in [9.17, 15) is 0 Å². The van der Waals surface area contributed by atoms with Gasteiger partial charge in [-0.15, -0.1) is 12.4 Å². The lowest BCUT2D eigenvalue weighted by atomic mass is 10.1. The van der Waals surface area contributed by atoms with Crippen molar-refractivity contribution in [2.45, 2.75) is 26.4 Å². The van der Waals surface area contributed by atoms with E-state index >= 15 is 0 Å². The van der Waals surface area contributed by atoms with Crippen LogP contribution >= 0.6 is 28.3 Å². The lowest BCUT2D eigenvalue weighted by Crippen LogP contribution is -2.15. The summed E-state index contributed by atoms with van der Waals surface area (Å²) >= 11 is 3.52. The molecule has 3 aromatic rings. The first kappa shape index (κ1) is 18.8. The Labute approximate surface area is 156 Å². The number of hydrogen-bond donors (Lipinski definition) is 1. The van der Waals surface area contributed by atoms with E-state index in [4.69, 9.17) is 4.42 Å². The SMILES string of the molecule is Cc1cc(-c2ccc(CNCCCn3ccnc3)o2)ccc1Br.Cl. The van der Waals surface area contributed by atoms with Crippen molar-refractivity contribution in [1.29, 1.82) is 0 Å². The molecule has 1 aromatic carbocycles. The van der Waals surface area contributed by atoms with Crippen molar-refractivity contribution in [2.24, 2.45) is 0 Å². The van der Waals surface area contributed by atoms with Gasteiger partial charge in [-0.1, -0.05) is 22.0 Å². The number of furan rings is 1. The first-order valence-electron chi connectivity index (χ1n) is 7.74. The summed E-state index contributed by atoms with van der Waals surface area (Å²) in [4.78, 5) is 4.04. The van der Waals surface area contributed by atoms with Crippen LogP contribution in [0.2, 0.25) is 0 Å². The van der Waals surface area contributed by atoms with Crippen LogP contribution < -0.4 is 5.32 Å². The summed E-state index contributed by atoms with van der Waals surface area (Å²) in [5.74, 6) is 1.87. The fourth-order valence-electron chi connectivity index (χ4n) is 2.44. The second kappa shape index (κ2) is 9.06. The molecule has 0 amide bonds. The van der Waals surface area contributed by atoms with E-state index in [1.807, 2.05) is 30.9 Å². The van der Waals surface area contributed by atoms with Gasteiger partial charge in [0.05, 0.1) is 12.9 Å². The first-order valence-corrected chi connectivity index (χ1v) is 8.53. The minimum Gasteiger partial charge on any atom is -0.460 e. The summed E-state index contributed by atoms with van der Waals surface area (Å²) < 4.78 is 9.13. The smallest absolute Gasteiger partial charge is 0.134 e. The zero-order chi connectivity index (χ0) is 16.1. The van der Waals surface area contributed by atoms with Gasteiger partial charge in [-0.3, -0.25) is 0 Å². The van der Waals surface area contributed by atoms with E-state index in [0.29, 0.717) is 0 Å². The second-order valence-corrected chi connectivity index (χ2v) is 6.42. The van der Waals surface area contributed by atoms with Crippen LogP contribution in [0, 0.1) is 6.92 Å². The molecule has 0 fully saturated rings. The highest BCUT2D eigenvalue weighted by atomic mass is 79.9. The monoisotopic (exact) mass is 409 g/mol. The average molecular weight is 411 g/mol. The molecule has 4 nitrogen and oxygen atoms in total. The highest BCUT2D eigenvalue weighted by Crippen LogP contribution is 2.26. The van der Waals surface area contributed by atoms with Crippen LogP contribution in [0.3, 0.4) is 0 Å². The van der Waals surface area contributed by atoms with Crippen LogP contribution in [0.25, 0.3) is 11.3 Å². The van der Waals surface area contributed by atoms with E-state index in [1.54, 1.807) is 0 Å². The predicted molar refractivity (Wildman–Crippen MR) is 102 cm³/mol. The number of rotatable bonds is 7. The molecule has 6 heteroatoms. The number of hydrogen-bond acceptors (Lipinski definition) is 3. The minimum atomic E-state index is 0. The van der Waals surface area contributed by atoms with E-state index in [1.165, 1.54) is 5.56 Å². The number of nitrogens with zero attached hydrogens (tertiary/aromatic N) is 2. The number of nitrogens with one attached hydrogen (secondary N) is 1. The van der Waals surface area contributed by atoms with Crippen molar-refractivity contribution < 1.29 is 4.42 Å². The lowest BCUT2D eigenvalue weighted by molar-refractivity contribution is 0.484. The number of aromatic nitrogens is 2. The summed E-state index contributed by atoms with van der Waals surface area (Å²) in [7, 11) is 0. The van der Waals surface area contributed by atoms with Gasteiger partial charge in [-0.2, -0.15) is 0 Å². The zero-order valence-electron chi connectivity index (χ0n) is 13.5. The molecule has 128 valence electrons. The second-order valence-electron chi connectivity index (χ2n) is 5.56. The van der Waals surface area contributed by atoms with E-state index < -0.39 is 0 Å². The van der Waals surface area contributed by atoms with Gasteiger partial charge in [0.25, 0.3) is 0 Å². The molecule has 2 heterocycles. The Kier molecular flexibility index (Phi) is 7.09. The quantitative estimate of drug-likeness (QED) is 0.568. The van der Waals surface area contributed by atoms with Crippen LogP contribution in [-0.2, 0) is 13.1 Å². The van der Waals surface area contributed by atoms with Crippen LogP contribution in [0.15, 0.2) is 57.9 Å². The Balaban J connectivity index is 0.00000208. The van der Waals surface area contributed by atoms with Gasteiger partial charge in [-0.05, 0) is 49.7 Å². The van der Waals surface area contributed by atoms with E-state index in [0.717, 1.165) is 47.6 Å². The molecule has 2 aromatic heterocycles. The molecule has 0 saturated carbocycles. The van der Waals surface area contributed by atoms with Crippen molar-refractivity contribution in [3.63, 3.8) is 0 Å². The molecule has 0 atom stereocenters. The maximum atomic E-state index is 5.92.